The SMILES string of the molecule is Cc1ccc2nc(C(=O)Nc3ccc(Br)cc3)nc(N[C@H]3CCCC[C@H]3N=C(N)N)c2c1. The highest BCUT2D eigenvalue weighted by Crippen LogP contribution is 2.28. The van der Waals surface area contributed by atoms with Crippen molar-refractivity contribution in [2.24, 2.45) is 16.5 Å². The molecule has 0 unspecified atom stereocenters. The summed E-state index contributed by atoms with van der Waals surface area (Å²) in [5, 5.41) is 7.24. The first-order valence-corrected chi connectivity index (χ1v) is 11.4. The average molecular weight is 496 g/mol. The summed E-state index contributed by atoms with van der Waals surface area (Å²) in [6, 6.07) is 13.2. The summed E-state index contributed by atoms with van der Waals surface area (Å²) in [6.45, 7) is 2.01. The molecule has 0 radical (unpaired) electrons. The van der Waals surface area contributed by atoms with Crippen LogP contribution in [0.3, 0.4) is 0 Å². The fourth-order valence-electron chi connectivity index (χ4n) is 3.98. The number of aliphatic imine (C=N–C) groups is 1. The van der Waals surface area contributed by atoms with Crippen molar-refractivity contribution in [1.82, 2.24) is 9.97 Å². The second kappa shape index (κ2) is 9.52. The zero-order valence-corrected chi connectivity index (χ0v) is 19.4. The van der Waals surface area contributed by atoms with Crippen molar-refractivity contribution in [1.29, 1.82) is 0 Å². The van der Waals surface area contributed by atoms with E-state index >= 15 is 0 Å². The molecule has 166 valence electrons. The minimum Gasteiger partial charge on any atom is -0.370 e. The van der Waals surface area contributed by atoms with Crippen molar-refractivity contribution in [3.8, 4) is 0 Å². The van der Waals surface area contributed by atoms with Gasteiger partial charge >= 0.3 is 0 Å². The van der Waals surface area contributed by atoms with E-state index < -0.39 is 0 Å². The molecule has 0 aliphatic heterocycles. The van der Waals surface area contributed by atoms with E-state index in [1.54, 1.807) is 0 Å². The number of amides is 1. The van der Waals surface area contributed by atoms with Gasteiger partial charge in [-0.05, 0) is 56.2 Å². The lowest BCUT2D eigenvalue weighted by atomic mass is 9.90. The van der Waals surface area contributed by atoms with Gasteiger partial charge in [0.25, 0.3) is 5.91 Å². The first-order valence-electron chi connectivity index (χ1n) is 10.6. The number of carbonyl (C=O) groups is 1. The number of anilines is 2. The summed E-state index contributed by atoms with van der Waals surface area (Å²) in [5.41, 5.74) is 13.8. The van der Waals surface area contributed by atoms with Crippen LogP contribution in [0.1, 0.15) is 41.9 Å². The van der Waals surface area contributed by atoms with E-state index in [1.165, 1.54) is 0 Å². The third-order valence-electron chi connectivity index (χ3n) is 5.52. The molecule has 0 bridgehead atoms. The van der Waals surface area contributed by atoms with Gasteiger partial charge in [0, 0.05) is 15.5 Å². The molecular weight excluding hydrogens is 470 g/mol. The van der Waals surface area contributed by atoms with Crippen molar-refractivity contribution in [2.75, 3.05) is 10.6 Å². The highest BCUT2D eigenvalue weighted by atomic mass is 79.9. The molecule has 3 aromatic rings. The monoisotopic (exact) mass is 495 g/mol. The van der Waals surface area contributed by atoms with Gasteiger partial charge in [0.05, 0.1) is 17.6 Å². The Balaban J connectivity index is 1.68. The minimum atomic E-state index is -0.373. The molecule has 4 rings (SSSR count). The van der Waals surface area contributed by atoms with E-state index in [4.69, 9.17) is 11.5 Å². The van der Waals surface area contributed by atoms with Crippen LogP contribution in [0.15, 0.2) is 51.9 Å². The third-order valence-corrected chi connectivity index (χ3v) is 6.05. The molecule has 9 heteroatoms. The number of benzene rings is 2. The Labute approximate surface area is 195 Å². The summed E-state index contributed by atoms with van der Waals surface area (Å²) in [6.07, 6.45) is 3.96. The summed E-state index contributed by atoms with van der Waals surface area (Å²) >= 11 is 3.40. The Morgan fingerprint density at radius 3 is 2.59 bits per heavy atom. The molecule has 1 saturated carbocycles. The number of fused-ring (bicyclic) bond motifs is 1. The number of rotatable bonds is 5. The number of nitrogens with one attached hydrogen (secondary N) is 2. The van der Waals surface area contributed by atoms with Crippen LogP contribution in [-0.4, -0.2) is 33.9 Å². The summed E-state index contributed by atoms with van der Waals surface area (Å²) < 4.78 is 0.933. The van der Waals surface area contributed by atoms with Crippen LogP contribution >= 0.6 is 15.9 Å². The van der Waals surface area contributed by atoms with Gasteiger partial charge in [-0.25, -0.2) is 15.0 Å². The summed E-state index contributed by atoms with van der Waals surface area (Å²) in [4.78, 5) is 26.5. The van der Waals surface area contributed by atoms with Crippen LogP contribution in [0.4, 0.5) is 11.5 Å². The van der Waals surface area contributed by atoms with Crippen LogP contribution in [0.2, 0.25) is 0 Å². The molecular formula is C23H26BrN7O. The van der Waals surface area contributed by atoms with Crippen molar-refractivity contribution in [3.05, 3.63) is 58.3 Å². The molecule has 1 aliphatic rings. The van der Waals surface area contributed by atoms with Crippen LogP contribution < -0.4 is 22.1 Å². The Bertz CT molecular complexity index is 1160. The maximum absolute atomic E-state index is 12.9. The maximum Gasteiger partial charge on any atom is 0.293 e. The van der Waals surface area contributed by atoms with Crippen molar-refractivity contribution in [2.45, 2.75) is 44.7 Å². The summed E-state index contributed by atoms with van der Waals surface area (Å²) in [5.74, 6) is 0.423. The Morgan fingerprint density at radius 1 is 1.09 bits per heavy atom. The summed E-state index contributed by atoms with van der Waals surface area (Å²) in [7, 11) is 0. The van der Waals surface area contributed by atoms with E-state index in [2.05, 4.69) is 41.5 Å². The van der Waals surface area contributed by atoms with Crippen LogP contribution in [0.25, 0.3) is 10.9 Å². The van der Waals surface area contributed by atoms with Gasteiger partial charge in [0.2, 0.25) is 5.82 Å². The number of halogens is 1. The maximum atomic E-state index is 12.9. The lowest BCUT2D eigenvalue weighted by molar-refractivity contribution is 0.101. The Kier molecular flexibility index (Phi) is 6.55. The number of guanidine groups is 1. The lowest BCUT2D eigenvalue weighted by Gasteiger charge is -2.30. The highest BCUT2D eigenvalue weighted by molar-refractivity contribution is 9.10. The van der Waals surface area contributed by atoms with Crippen molar-refractivity contribution >= 4 is 50.2 Å². The molecule has 0 saturated heterocycles. The van der Waals surface area contributed by atoms with E-state index in [0.29, 0.717) is 17.0 Å². The van der Waals surface area contributed by atoms with Crippen molar-refractivity contribution in [3.63, 3.8) is 0 Å². The number of aryl methyl sites for hydroxylation is 1. The van der Waals surface area contributed by atoms with Gasteiger partial charge in [-0.2, -0.15) is 0 Å². The number of carbonyl (C=O) groups excluding carboxylic acids is 1. The van der Waals surface area contributed by atoms with E-state index in [1.807, 2.05) is 49.4 Å². The van der Waals surface area contributed by atoms with Crippen molar-refractivity contribution < 1.29 is 4.79 Å². The number of hydrogen-bond acceptors (Lipinski definition) is 5. The average Bonchev–Trinajstić information content (AvgIpc) is 2.76. The highest BCUT2D eigenvalue weighted by Gasteiger charge is 2.26. The van der Waals surface area contributed by atoms with E-state index in [-0.39, 0.29) is 29.8 Å². The van der Waals surface area contributed by atoms with E-state index in [0.717, 1.165) is 41.1 Å². The molecule has 0 spiro atoms. The molecule has 6 N–H and O–H groups in total. The fraction of sp³-hybridized carbons (Fsp3) is 0.304. The number of nitrogens with two attached hydrogens (primary N) is 2. The van der Waals surface area contributed by atoms with Gasteiger partial charge in [-0.1, -0.05) is 40.4 Å². The first kappa shape index (κ1) is 22.0. The zero-order chi connectivity index (χ0) is 22.7. The van der Waals surface area contributed by atoms with Gasteiger partial charge in [0.15, 0.2) is 5.96 Å². The van der Waals surface area contributed by atoms with Gasteiger partial charge < -0.3 is 22.1 Å². The number of hydrogen-bond donors (Lipinski definition) is 4. The second-order valence-electron chi connectivity index (χ2n) is 8.03. The molecule has 1 amide bonds. The number of aromatic nitrogens is 2. The minimum absolute atomic E-state index is 0.0202. The molecule has 1 aromatic heterocycles. The fourth-order valence-corrected chi connectivity index (χ4v) is 4.24. The standard InChI is InChI=1S/C23H26BrN7O/c1-13-6-11-17-16(12-13)20(29-18-4-2-3-5-19(18)30-23(25)26)31-21(28-17)22(32)27-15-9-7-14(24)8-10-15/h6-12,18-19H,2-5H2,1H3,(H,27,32)(H4,25,26,30)(H,28,29,31)/t18-,19+/m0/s1. The van der Waals surface area contributed by atoms with E-state index in [9.17, 15) is 4.79 Å². The van der Waals surface area contributed by atoms with Crippen LogP contribution in [-0.2, 0) is 0 Å². The lowest BCUT2D eigenvalue weighted by Crippen LogP contribution is -2.38. The van der Waals surface area contributed by atoms with Gasteiger partial charge in [0.1, 0.15) is 5.82 Å². The topological polar surface area (TPSA) is 131 Å². The predicted octanol–water partition coefficient (Wildman–Crippen LogP) is 3.95. The van der Waals surface area contributed by atoms with Crippen LogP contribution in [0, 0.1) is 6.92 Å². The smallest absolute Gasteiger partial charge is 0.293 e. The second-order valence-corrected chi connectivity index (χ2v) is 8.95. The zero-order valence-electron chi connectivity index (χ0n) is 17.8. The third kappa shape index (κ3) is 5.16. The molecule has 1 fully saturated rings. The normalized spacial score (nSPS) is 18.2. The van der Waals surface area contributed by atoms with Gasteiger partial charge in [-0.3, -0.25) is 4.79 Å². The quantitative estimate of drug-likeness (QED) is 0.313. The van der Waals surface area contributed by atoms with Crippen LogP contribution in [0.5, 0.6) is 0 Å². The van der Waals surface area contributed by atoms with Gasteiger partial charge in [-0.15, -0.1) is 0 Å². The molecule has 1 aliphatic carbocycles. The predicted molar refractivity (Wildman–Crippen MR) is 132 cm³/mol. The Morgan fingerprint density at radius 2 is 1.84 bits per heavy atom. The molecule has 32 heavy (non-hydrogen) atoms. The Hall–Kier alpha value is -3.20. The largest absolute Gasteiger partial charge is 0.370 e. The first-order chi connectivity index (χ1) is 15.4. The molecule has 2 aromatic carbocycles. The number of nitrogens with zero attached hydrogens (tertiary/aromatic N) is 3. The molecule has 2 atom stereocenters. The molecule has 8 nitrogen and oxygen atoms in total. The molecule has 1 heterocycles.